The van der Waals surface area contributed by atoms with E-state index in [1.54, 1.807) is 4.90 Å². The molecule has 7 nitrogen and oxygen atoms in total. The van der Waals surface area contributed by atoms with Crippen LogP contribution >= 0.6 is 0 Å². The van der Waals surface area contributed by atoms with E-state index in [1.807, 2.05) is 30.3 Å². The summed E-state index contributed by atoms with van der Waals surface area (Å²) in [6, 6.07) is 12.2. The van der Waals surface area contributed by atoms with Crippen molar-refractivity contribution >= 4 is 21.6 Å². The van der Waals surface area contributed by atoms with Crippen LogP contribution in [0.2, 0.25) is 0 Å². The number of rotatable bonds is 6. The predicted octanol–water partition coefficient (Wildman–Crippen LogP) is 3.00. The molecule has 0 unspecified atom stereocenters. The number of para-hydroxylation sites is 1. The monoisotopic (exact) mass is 443 g/mol. The van der Waals surface area contributed by atoms with E-state index in [1.165, 1.54) is 33.6 Å². The number of anilines is 1. The lowest BCUT2D eigenvalue weighted by molar-refractivity contribution is -0.119. The van der Waals surface area contributed by atoms with Gasteiger partial charge in [0.1, 0.15) is 6.54 Å². The molecule has 0 N–H and O–H groups in total. The first-order valence-electron chi connectivity index (χ1n) is 11.0. The van der Waals surface area contributed by atoms with Crippen LogP contribution in [0.1, 0.15) is 44.9 Å². The van der Waals surface area contributed by atoms with Crippen LogP contribution in [0.4, 0.5) is 5.69 Å². The van der Waals surface area contributed by atoms with Gasteiger partial charge in [0.05, 0.1) is 4.90 Å². The Bertz CT molecular complexity index is 1070. The molecule has 2 aliphatic rings. The fraction of sp³-hybridized carbons (Fsp3) is 0.478. The van der Waals surface area contributed by atoms with Crippen LogP contribution in [0.3, 0.4) is 0 Å². The third kappa shape index (κ3) is 4.75. The second kappa shape index (κ2) is 9.36. The van der Waals surface area contributed by atoms with E-state index in [9.17, 15) is 18.0 Å². The summed E-state index contributed by atoms with van der Waals surface area (Å²) in [7, 11) is -3.66. The SMILES string of the molecule is O=C(Cn1cc(S(=O)(=O)N2CCCC2)ccc1=O)N(c1ccccc1)C1CCCCC1. The van der Waals surface area contributed by atoms with Crippen molar-refractivity contribution in [2.45, 2.75) is 62.4 Å². The minimum absolute atomic E-state index is 0.0609. The number of sulfonamides is 1. The summed E-state index contributed by atoms with van der Waals surface area (Å²) in [6.07, 6.45) is 8.17. The van der Waals surface area contributed by atoms with E-state index in [0.29, 0.717) is 13.1 Å². The average molecular weight is 444 g/mol. The second-order valence-corrected chi connectivity index (χ2v) is 10.3. The number of amides is 1. The zero-order chi connectivity index (χ0) is 21.8. The molecule has 2 heterocycles. The fourth-order valence-electron chi connectivity index (χ4n) is 4.57. The maximum atomic E-state index is 13.4. The van der Waals surface area contributed by atoms with Gasteiger partial charge in [0.15, 0.2) is 0 Å². The Morgan fingerprint density at radius 1 is 0.935 bits per heavy atom. The van der Waals surface area contributed by atoms with Gasteiger partial charge in [-0.25, -0.2) is 8.42 Å². The Balaban J connectivity index is 1.62. The molecule has 1 aromatic carbocycles. The molecule has 2 fully saturated rings. The second-order valence-electron chi connectivity index (χ2n) is 8.33. The highest BCUT2D eigenvalue weighted by Gasteiger charge is 2.29. The lowest BCUT2D eigenvalue weighted by atomic mass is 9.93. The van der Waals surface area contributed by atoms with Crippen molar-refractivity contribution in [1.29, 1.82) is 0 Å². The summed E-state index contributed by atoms with van der Waals surface area (Å²) in [6.45, 7) is 0.793. The Hall–Kier alpha value is -2.45. The van der Waals surface area contributed by atoms with Crippen molar-refractivity contribution in [3.63, 3.8) is 0 Å². The quantitative estimate of drug-likeness (QED) is 0.688. The van der Waals surface area contributed by atoms with E-state index in [2.05, 4.69) is 0 Å². The molecule has 166 valence electrons. The van der Waals surface area contributed by atoms with Gasteiger partial charge in [-0.15, -0.1) is 0 Å². The summed E-state index contributed by atoms with van der Waals surface area (Å²) < 4.78 is 28.5. The topological polar surface area (TPSA) is 79.7 Å². The number of pyridine rings is 1. The van der Waals surface area contributed by atoms with E-state index >= 15 is 0 Å². The highest BCUT2D eigenvalue weighted by molar-refractivity contribution is 7.89. The molecule has 1 aliphatic carbocycles. The Labute approximate surface area is 183 Å². The van der Waals surface area contributed by atoms with Gasteiger partial charge in [-0.3, -0.25) is 9.59 Å². The molecular weight excluding hydrogens is 414 g/mol. The lowest BCUT2D eigenvalue weighted by Crippen LogP contribution is -2.44. The van der Waals surface area contributed by atoms with E-state index in [4.69, 9.17) is 0 Å². The largest absolute Gasteiger partial charge is 0.308 e. The highest BCUT2D eigenvalue weighted by atomic mass is 32.2. The van der Waals surface area contributed by atoms with Crippen LogP contribution in [0, 0.1) is 0 Å². The van der Waals surface area contributed by atoms with Gasteiger partial charge < -0.3 is 9.47 Å². The van der Waals surface area contributed by atoms with Gasteiger partial charge in [0.25, 0.3) is 5.56 Å². The summed E-state index contributed by atoms with van der Waals surface area (Å²) in [5.41, 5.74) is 0.429. The zero-order valence-electron chi connectivity index (χ0n) is 17.7. The van der Waals surface area contributed by atoms with Crippen LogP contribution in [-0.2, 0) is 21.4 Å². The van der Waals surface area contributed by atoms with Crippen LogP contribution in [-0.4, -0.2) is 42.3 Å². The first-order valence-corrected chi connectivity index (χ1v) is 12.5. The van der Waals surface area contributed by atoms with Gasteiger partial charge in [0.2, 0.25) is 15.9 Å². The first kappa shape index (κ1) is 21.8. The van der Waals surface area contributed by atoms with Crippen LogP contribution in [0.15, 0.2) is 58.4 Å². The summed E-state index contributed by atoms with van der Waals surface area (Å²) in [5.74, 6) is -0.198. The average Bonchev–Trinajstić information content (AvgIpc) is 3.33. The maximum absolute atomic E-state index is 13.4. The third-order valence-corrected chi connectivity index (χ3v) is 8.09. The normalized spacial score (nSPS) is 18.2. The molecule has 1 amide bonds. The van der Waals surface area contributed by atoms with Gasteiger partial charge in [-0.1, -0.05) is 37.5 Å². The van der Waals surface area contributed by atoms with Crippen molar-refractivity contribution in [2.24, 2.45) is 0 Å². The molecule has 0 spiro atoms. The van der Waals surface area contributed by atoms with Crippen molar-refractivity contribution in [1.82, 2.24) is 8.87 Å². The Morgan fingerprint density at radius 3 is 2.29 bits per heavy atom. The minimum atomic E-state index is -3.66. The van der Waals surface area contributed by atoms with Crippen LogP contribution < -0.4 is 10.5 Å². The summed E-state index contributed by atoms with van der Waals surface area (Å²) >= 11 is 0. The molecule has 2 aromatic rings. The molecule has 1 aromatic heterocycles. The van der Waals surface area contributed by atoms with E-state index in [0.717, 1.165) is 44.2 Å². The van der Waals surface area contributed by atoms with Crippen molar-refractivity contribution in [3.8, 4) is 0 Å². The molecule has 0 bridgehead atoms. The molecule has 8 heteroatoms. The number of benzene rings is 1. The van der Waals surface area contributed by atoms with Crippen LogP contribution in [0.25, 0.3) is 0 Å². The molecule has 4 rings (SSSR count). The first-order chi connectivity index (χ1) is 15.0. The number of hydrogen-bond donors (Lipinski definition) is 0. The third-order valence-electron chi connectivity index (χ3n) is 6.21. The molecule has 1 saturated heterocycles. The van der Waals surface area contributed by atoms with Crippen molar-refractivity contribution in [3.05, 3.63) is 59.0 Å². The highest BCUT2D eigenvalue weighted by Crippen LogP contribution is 2.28. The van der Waals surface area contributed by atoms with E-state index in [-0.39, 0.29) is 28.9 Å². The van der Waals surface area contributed by atoms with Crippen LogP contribution in [0.5, 0.6) is 0 Å². The number of carbonyl (C=O) groups excluding carboxylic acids is 1. The summed E-state index contributed by atoms with van der Waals surface area (Å²) in [5, 5.41) is 0. The number of nitrogens with zero attached hydrogens (tertiary/aromatic N) is 3. The molecule has 31 heavy (non-hydrogen) atoms. The zero-order valence-corrected chi connectivity index (χ0v) is 18.5. The van der Waals surface area contributed by atoms with E-state index < -0.39 is 10.0 Å². The lowest BCUT2D eigenvalue weighted by Gasteiger charge is -2.34. The van der Waals surface area contributed by atoms with Gasteiger partial charge in [-0.2, -0.15) is 4.31 Å². The predicted molar refractivity (Wildman–Crippen MR) is 119 cm³/mol. The fourth-order valence-corrected chi connectivity index (χ4v) is 6.11. The molecule has 1 saturated carbocycles. The molecule has 1 aliphatic heterocycles. The molecule has 0 atom stereocenters. The van der Waals surface area contributed by atoms with Gasteiger partial charge in [0, 0.05) is 37.1 Å². The van der Waals surface area contributed by atoms with Gasteiger partial charge >= 0.3 is 0 Å². The number of aromatic nitrogens is 1. The Morgan fingerprint density at radius 2 is 1.61 bits per heavy atom. The summed E-state index contributed by atoms with van der Waals surface area (Å²) in [4.78, 5) is 27.7. The molecular formula is C23H29N3O4S. The number of hydrogen-bond acceptors (Lipinski definition) is 4. The number of carbonyl (C=O) groups is 1. The van der Waals surface area contributed by atoms with Gasteiger partial charge in [-0.05, 0) is 43.9 Å². The Kier molecular flexibility index (Phi) is 6.57. The molecule has 0 radical (unpaired) electrons. The standard InChI is InChI=1S/C23H29N3O4S/c27-22-14-13-21(31(29,30)25-15-7-8-16-25)17-24(22)18-23(28)26(19-9-3-1-4-10-19)20-11-5-2-6-12-20/h1,3-4,9-10,13-14,17,20H,2,5-8,11-12,15-16,18H2. The van der Waals surface area contributed by atoms with Crippen molar-refractivity contribution in [2.75, 3.05) is 18.0 Å². The smallest absolute Gasteiger partial charge is 0.251 e. The minimum Gasteiger partial charge on any atom is -0.308 e. The maximum Gasteiger partial charge on any atom is 0.251 e. The van der Waals surface area contributed by atoms with Crippen molar-refractivity contribution < 1.29 is 13.2 Å².